The summed E-state index contributed by atoms with van der Waals surface area (Å²) >= 11 is 3.16. The molecule has 1 N–H and O–H groups in total. The molecule has 0 aliphatic rings. The molecule has 17 heavy (non-hydrogen) atoms. The molecule has 0 aliphatic carbocycles. The van der Waals surface area contributed by atoms with Crippen LogP contribution < -0.4 is 5.32 Å². The van der Waals surface area contributed by atoms with E-state index in [1.54, 1.807) is 0 Å². The fourth-order valence-electron chi connectivity index (χ4n) is 1.37. The minimum Gasteiger partial charge on any atom is -0.384 e. The second kappa shape index (κ2) is 6.10. The van der Waals surface area contributed by atoms with E-state index in [1.165, 1.54) is 12.1 Å². The van der Waals surface area contributed by atoms with E-state index >= 15 is 0 Å². The molecule has 0 radical (unpaired) electrons. The monoisotopic (exact) mass is 307 g/mol. The van der Waals surface area contributed by atoms with Gasteiger partial charge in [-0.05, 0) is 31.5 Å². The minimum atomic E-state index is -4.33. The Balaban J connectivity index is 2.84. The van der Waals surface area contributed by atoms with Crippen molar-refractivity contribution in [1.29, 1.82) is 0 Å². The standard InChI is InChI=1S/C12H13BrF3N/c1-2-3-4-7-17-11-8-9(13)5-6-10(11)12(14,15)16/h2-3,5-6,8,17H,4,7H2,1H3/b3-2+. The lowest BCUT2D eigenvalue weighted by Crippen LogP contribution is -2.11. The van der Waals surface area contributed by atoms with Gasteiger partial charge >= 0.3 is 6.18 Å². The van der Waals surface area contributed by atoms with Crippen molar-refractivity contribution in [1.82, 2.24) is 0 Å². The summed E-state index contributed by atoms with van der Waals surface area (Å²) in [6.07, 6.45) is 0.134. The zero-order valence-corrected chi connectivity index (χ0v) is 10.9. The first-order valence-corrected chi connectivity index (χ1v) is 5.96. The highest BCUT2D eigenvalue weighted by Gasteiger charge is 2.33. The minimum absolute atomic E-state index is 0.108. The molecule has 0 saturated heterocycles. The maximum absolute atomic E-state index is 12.7. The Morgan fingerprint density at radius 1 is 1.35 bits per heavy atom. The highest BCUT2D eigenvalue weighted by atomic mass is 79.9. The van der Waals surface area contributed by atoms with Crippen LogP contribution in [0.15, 0.2) is 34.8 Å². The molecule has 1 aromatic rings. The topological polar surface area (TPSA) is 12.0 Å². The van der Waals surface area contributed by atoms with Crippen LogP contribution in [0.1, 0.15) is 18.9 Å². The summed E-state index contributed by atoms with van der Waals surface area (Å²) in [6.45, 7) is 2.35. The number of hydrogen-bond acceptors (Lipinski definition) is 1. The Morgan fingerprint density at radius 3 is 2.65 bits per heavy atom. The lowest BCUT2D eigenvalue weighted by molar-refractivity contribution is -0.136. The fraction of sp³-hybridized carbons (Fsp3) is 0.333. The van der Waals surface area contributed by atoms with Gasteiger partial charge in [-0.1, -0.05) is 28.1 Å². The molecule has 0 saturated carbocycles. The van der Waals surface area contributed by atoms with Gasteiger partial charge in [0.2, 0.25) is 0 Å². The van der Waals surface area contributed by atoms with Gasteiger partial charge in [-0.2, -0.15) is 13.2 Å². The van der Waals surface area contributed by atoms with Gasteiger partial charge < -0.3 is 5.32 Å². The summed E-state index contributed by atoms with van der Waals surface area (Å²) in [5, 5.41) is 2.79. The molecule has 0 fully saturated rings. The van der Waals surface area contributed by atoms with Gasteiger partial charge in [-0.25, -0.2) is 0 Å². The summed E-state index contributed by atoms with van der Waals surface area (Å²) in [5.74, 6) is 0. The SMILES string of the molecule is C/C=C/CCNc1cc(Br)ccc1C(F)(F)F. The molecule has 0 spiro atoms. The quantitative estimate of drug-likeness (QED) is 0.619. The van der Waals surface area contributed by atoms with E-state index in [1.807, 2.05) is 19.1 Å². The van der Waals surface area contributed by atoms with Crippen molar-refractivity contribution in [3.05, 3.63) is 40.4 Å². The van der Waals surface area contributed by atoms with Crippen LogP contribution in [-0.4, -0.2) is 6.54 Å². The third-order valence-corrected chi connectivity index (χ3v) is 2.64. The average molecular weight is 308 g/mol. The zero-order valence-electron chi connectivity index (χ0n) is 9.31. The van der Waals surface area contributed by atoms with E-state index in [9.17, 15) is 13.2 Å². The zero-order chi connectivity index (χ0) is 12.9. The largest absolute Gasteiger partial charge is 0.418 e. The Bertz CT molecular complexity index is 399. The predicted octanol–water partition coefficient (Wildman–Crippen LogP) is 4.85. The number of rotatable bonds is 4. The first kappa shape index (κ1) is 14.1. The average Bonchev–Trinajstić information content (AvgIpc) is 2.23. The molecule has 0 unspecified atom stereocenters. The molecule has 0 bridgehead atoms. The van der Waals surface area contributed by atoms with Crippen LogP contribution in [0.25, 0.3) is 0 Å². The van der Waals surface area contributed by atoms with Crippen LogP contribution in [-0.2, 0) is 6.18 Å². The Morgan fingerprint density at radius 2 is 2.06 bits per heavy atom. The van der Waals surface area contributed by atoms with Crippen molar-refractivity contribution in [3.63, 3.8) is 0 Å². The molecule has 0 aromatic heterocycles. The molecule has 0 heterocycles. The molecule has 0 aliphatic heterocycles. The number of allylic oxidation sites excluding steroid dienone is 1. The number of halogens is 4. The van der Waals surface area contributed by atoms with Gasteiger partial charge in [0.25, 0.3) is 0 Å². The van der Waals surface area contributed by atoms with E-state index < -0.39 is 11.7 Å². The molecular formula is C12H13BrF3N. The number of nitrogens with one attached hydrogen (secondary N) is 1. The first-order chi connectivity index (χ1) is 7.95. The van der Waals surface area contributed by atoms with Crippen LogP contribution in [0, 0.1) is 0 Å². The lowest BCUT2D eigenvalue weighted by Gasteiger charge is -2.14. The van der Waals surface area contributed by atoms with Crippen LogP contribution in [0.2, 0.25) is 0 Å². The van der Waals surface area contributed by atoms with E-state index in [4.69, 9.17) is 0 Å². The molecule has 5 heteroatoms. The summed E-state index contributed by atoms with van der Waals surface area (Å²) in [4.78, 5) is 0. The maximum atomic E-state index is 12.7. The van der Waals surface area contributed by atoms with Crippen LogP contribution >= 0.6 is 15.9 Å². The van der Waals surface area contributed by atoms with Gasteiger partial charge in [0.15, 0.2) is 0 Å². The highest BCUT2D eigenvalue weighted by Crippen LogP contribution is 2.36. The maximum Gasteiger partial charge on any atom is 0.418 e. The summed E-state index contributed by atoms with van der Waals surface area (Å²) in [7, 11) is 0. The second-order valence-corrected chi connectivity index (χ2v) is 4.39. The smallest absolute Gasteiger partial charge is 0.384 e. The van der Waals surface area contributed by atoms with Crippen LogP contribution in [0.5, 0.6) is 0 Å². The normalized spacial score (nSPS) is 12.1. The van der Waals surface area contributed by atoms with E-state index in [-0.39, 0.29) is 5.69 Å². The number of benzene rings is 1. The molecule has 1 aromatic carbocycles. The lowest BCUT2D eigenvalue weighted by atomic mass is 10.1. The Kier molecular flexibility index (Phi) is 5.05. The first-order valence-electron chi connectivity index (χ1n) is 5.17. The summed E-state index contributed by atoms with van der Waals surface area (Å²) in [5.41, 5.74) is -0.530. The van der Waals surface area contributed by atoms with Crippen molar-refractivity contribution in [2.24, 2.45) is 0 Å². The van der Waals surface area contributed by atoms with Crippen molar-refractivity contribution < 1.29 is 13.2 Å². The summed E-state index contributed by atoms with van der Waals surface area (Å²) in [6, 6.07) is 3.90. The van der Waals surface area contributed by atoms with Crippen molar-refractivity contribution in [2.75, 3.05) is 11.9 Å². The number of anilines is 1. The van der Waals surface area contributed by atoms with Crippen molar-refractivity contribution in [3.8, 4) is 0 Å². The third-order valence-electron chi connectivity index (χ3n) is 2.15. The van der Waals surface area contributed by atoms with Gasteiger partial charge in [0, 0.05) is 16.7 Å². The van der Waals surface area contributed by atoms with Crippen molar-refractivity contribution in [2.45, 2.75) is 19.5 Å². The van der Waals surface area contributed by atoms with Crippen molar-refractivity contribution >= 4 is 21.6 Å². The fourth-order valence-corrected chi connectivity index (χ4v) is 1.73. The molecule has 1 nitrogen and oxygen atoms in total. The molecule has 1 rings (SSSR count). The van der Waals surface area contributed by atoms with E-state index in [0.717, 1.165) is 6.07 Å². The molecule has 0 amide bonds. The number of hydrogen-bond donors (Lipinski definition) is 1. The predicted molar refractivity (Wildman–Crippen MR) is 67.1 cm³/mol. The summed E-state index contributed by atoms with van der Waals surface area (Å²) < 4.78 is 38.7. The van der Waals surface area contributed by atoms with Gasteiger partial charge in [0.05, 0.1) is 5.56 Å². The van der Waals surface area contributed by atoms with Gasteiger partial charge in [0.1, 0.15) is 0 Å². The molecular weight excluding hydrogens is 295 g/mol. The molecule has 0 atom stereocenters. The van der Waals surface area contributed by atoms with Gasteiger partial charge in [-0.3, -0.25) is 0 Å². The molecule has 94 valence electrons. The third kappa shape index (κ3) is 4.42. The number of alkyl halides is 3. The van der Waals surface area contributed by atoms with E-state index in [2.05, 4.69) is 21.2 Å². The Hall–Kier alpha value is -0.970. The van der Waals surface area contributed by atoms with E-state index in [0.29, 0.717) is 17.4 Å². The highest BCUT2D eigenvalue weighted by molar-refractivity contribution is 9.10. The Labute approximate surface area is 107 Å². The van der Waals surface area contributed by atoms with Gasteiger partial charge in [-0.15, -0.1) is 0 Å². The van der Waals surface area contributed by atoms with Crippen LogP contribution in [0.3, 0.4) is 0 Å². The second-order valence-electron chi connectivity index (χ2n) is 3.47. The van der Waals surface area contributed by atoms with Crippen LogP contribution in [0.4, 0.5) is 18.9 Å².